The van der Waals surface area contributed by atoms with Gasteiger partial charge in [-0.3, -0.25) is 0 Å². The minimum Gasteiger partial charge on any atom is -0.199 e. The van der Waals surface area contributed by atoms with Crippen LogP contribution in [0.25, 0.3) is 0 Å². The topological polar surface area (TPSA) is 93.0 Å². The number of nitrogens with zero attached hydrogens (tertiary/aromatic N) is 2. The van der Waals surface area contributed by atoms with Crippen molar-refractivity contribution < 1.29 is 16.8 Å². The van der Waals surface area contributed by atoms with Crippen LogP contribution in [0.3, 0.4) is 0 Å². The Morgan fingerprint density at radius 2 is 0.917 bits per heavy atom. The quantitative estimate of drug-likeness (QED) is 0.715. The van der Waals surface area contributed by atoms with Gasteiger partial charge in [0.05, 0.1) is 9.79 Å². The second-order valence-electron chi connectivity index (χ2n) is 4.34. The first-order chi connectivity index (χ1) is 11.2. The highest BCUT2D eigenvalue weighted by molar-refractivity contribution is 7.91. The largest absolute Gasteiger partial charge is 0.283 e. The first-order valence-electron chi connectivity index (χ1n) is 6.34. The van der Waals surface area contributed by atoms with Crippen LogP contribution in [0.2, 0.25) is 0 Å². The summed E-state index contributed by atoms with van der Waals surface area (Å²) in [7, 11) is -8.26. The summed E-state index contributed by atoms with van der Waals surface area (Å²) in [4.78, 5) is -0.225. The van der Waals surface area contributed by atoms with Gasteiger partial charge in [-0.2, -0.15) is 16.8 Å². The first-order valence-corrected chi connectivity index (χ1v) is 9.97. The average Bonchev–Trinajstić information content (AvgIpc) is 2.55. The lowest BCUT2D eigenvalue weighted by atomic mass is 10.4. The molecular weight excluding hydrogens is 395 g/mol. The van der Waals surface area contributed by atoms with Crippen molar-refractivity contribution in [3.63, 3.8) is 0 Å². The molecule has 0 spiro atoms. The standard InChI is InChI=1S/C14H10Cl2N2O4S2/c15-13(17-23(19,20)11-7-3-1-4-8-11)14(16)18-24(21,22)12-9-5-2-6-10-12/h1-10H. The lowest BCUT2D eigenvalue weighted by Crippen LogP contribution is -2.08. The van der Waals surface area contributed by atoms with E-state index in [0.717, 1.165) is 0 Å². The Morgan fingerprint density at radius 3 is 1.21 bits per heavy atom. The smallest absolute Gasteiger partial charge is 0.199 e. The van der Waals surface area contributed by atoms with Gasteiger partial charge in [0, 0.05) is 0 Å². The van der Waals surface area contributed by atoms with Crippen molar-refractivity contribution in [2.75, 3.05) is 0 Å². The van der Waals surface area contributed by atoms with E-state index in [9.17, 15) is 16.8 Å². The molecule has 0 aromatic heterocycles. The summed E-state index contributed by atoms with van der Waals surface area (Å²) in [5, 5.41) is -1.50. The molecule has 2 rings (SSSR count). The maximum absolute atomic E-state index is 12.0. The van der Waals surface area contributed by atoms with Gasteiger partial charge in [0.15, 0.2) is 10.3 Å². The fourth-order valence-corrected chi connectivity index (χ4v) is 4.11. The lowest BCUT2D eigenvalue weighted by Gasteiger charge is -2.01. The van der Waals surface area contributed by atoms with E-state index in [1.807, 2.05) is 0 Å². The predicted molar refractivity (Wildman–Crippen MR) is 93.8 cm³/mol. The van der Waals surface area contributed by atoms with Gasteiger partial charge in [-0.15, -0.1) is 8.80 Å². The Hall–Kier alpha value is -1.74. The molecule has 0 aliphatic heterocycles. The fraction of sp³-hybridized carbons (Fsp3) is 0. The highest BCUT2D eigenvalue weighted by atomic mass is 35.5. The third-order valence-corrected chi connectivity index (χ3v) is 6.06. The number of sulfonamides is 2. The molecule has 0 aliphatic rings. The summed E-state index contributed by atoms with van der Waals surface area (Å²) in [6.45, 7) is 0. The minimum absolute atomic E-state index is 0.112. The van der Waals surface area contributed by atoms with E-state index in [1.54, 1.807) is 12.1 Å². The van der Waals surface area contributed by atoms with Crippen molar-refractivity contribution >= 4 is 53.6 Å². The first kappa shape index (κ1) is 18.6. The monoisotopic (exact) mass is 404 g/mol. The Bertz CT molecular complexity index is 904. The summed E-state index contributed by atoms with van der Waals surface area (Å²) in [6, 6.07) is 14.5. The molecule has 10 heteroatoms. The fourth-order valence-electron chi connectivity index (χ4n) is 1.58. The van der Waals surface area contributed by atoms with E-state index in [4.69, 9.17) is 23.2 Å². The zero-order valence-electron chi connectivity index (χ0n) is 11.9. The number of halogens is 2. The molecule has 2 aromatic rings. The van der Waals surface area contributed by atoms with E-state index in [-0.39, 0.29) is 9.79 Å². The molecule has 0 atom stereocenters. The molecule has 24 heavy (non-hydrogen) atoms. The van der Waals surface area contributed by atoms with Gasteiger partial charge in [-0.25, -0.2) is 0 Å². The van der Waals surface area contributed by atoms with Crippen molar-refractivity contribution in [3.8, 4) is 0 Å². The molecule has 0 unspecified atom stereocenters. The van der Waals surface area contributed by atoms with Crippen LogP contribution in [0.1, 0.15) is 0 Å². The zero-order chi connectivity index (χ0) is 17.8. The summed E-state index contributed by atoms with van der Waals surface area (Å²) in [6.07, 6.45) is 0. The van der Waals surface area contributed by atoms with Gasteiger partial charge >= 0.3 is 0 Å². The predicted octanol–water partition coefficient (Wildman–Crippen LogP) is 3.04. The molecule has 0 fully saturated rings. The lowest BCUT2D eigenvalue weighted by molar-refractivity contribution is 0.596. The van der Waals surface area contributed by atoms with Gasteiger partial charge in [0.25, 0.3) is 20.0 Å². The second-order valence-corrected chi connectivity index (χ2v) is 8.26. The zero-order valence-corrected chi connectivity index (χ0v) is 15.0. The Labute approximate surface area is 149 Å². The third kappa shape index (κ3) is 4.64. The molecule has 0 saturated carbocycles. The number of rotatable bonds is 5. The van der Waals surface area contributed by atoms with Crippen molar-refractivity contribution in [3.05, 3.63) is 60.7 Å². The van der Waals surface area contributed by atoms with Crippen LogP contribution < -0.4 is 0 Å². The van der Waals surface area contributed by atoms with Crippen LogP contribution in [-0.4, -0.2) is 27.2 Å². The number of benzene rings is 2. The number of hydrogen-bond acceptors (Lipinski definition) is 4. The highest BCUT2D eigenvalue weighted by Gasteiger charge is 2.18. The van der Waals surface area contributed by atoms with Gasteiger partial charge in [-0.1, -0.05) is 59.6 Å². The maximum atomic E-state index is 12.0. The minimum atomic E-state index is -4.13. The van der Waals surface area contributed by atoms with E-state index < -0.39 is 30.4 Å². The summed E-state index contributed by atoms with van der Waals surface area (Å²) in [5.41, 5.74) is 0. The number of hydrogen-bond donors (Lipinski definition) is 0. The Balaban J connectivity index is 2.37. The summed E-state index contributed by atoms with van der Waals surface area (Å²) in [5.74, 6) is 0. The average molecular weight is 405 g/mol. The van der Waals surface area contributed by atoms with Gasteiger partial charge < -0.3 is 0 Å². The molecule has 0 bridgehead atoms. The molecule has 0 saturated heterocycles. The summed E-state index contributed by atoms with van der Waals surface area (Å²) < 4.78 is 54.8. The molecule has 6 nitrogen and oxygen atoms in total. The SMILES string of the molecule is O=S(=O)(N=C(Cl)C(Cl)=NS(=O)(=O)c1ccccc1)c1ccccc1. The maximum Gasteiger partial charge on any atom is 0.283 e. The van der Waals surface area contributed by atoms with Gasteiger partial charge in [0.2, 0.25) is 0 Å². The van der Waals surface area contributed by atoms with Crippen molar-refractivity contribution in [2.24, 2.45) is 8.80 Å². The van der Waals surface area contributed by atoms with Crippen LogP contribution in [-0.2, 0) is 20.0 Å². The van der Waals surface area contributed by atoms with Gasteiger partial charge in [-0.05, 0) is 24.3 Å². The highest BCUT2D eigenvalue weighted by Crippen LogP contribution is 2.16. The van der Waals surface area contributed by atoms with Crippen LogP contribution in [0.15, 0.2) is 79.3 Å². The molecule has 0 N–H and O–H groups in total. The molecule has 0 aliphatic carbocycles. The van der Waals surface area contributed by atoms with Crippen LogP contribution >= 0.6 is 23.2 Å². The van der Waals surface area contributed by atoms with Crippen molar-refractivity contribution in [1.82, 2.24) is 0 Å². The van der Waals surface area contributed by atoms with E-state index in [1.165, 1.54) is 48.5 Å². The van der Waals surface area contributed by atoms with E-state index >= 15 is 0 Å². The Kier molecular flexibility index (Phi) is 5.76. The Morgan fingerprint density at radius 1 is 0.625 bits per heavy atom. The van der Waals surface area contributed by atoms with Crippen LogP contribution in [0, 0.1) is 0 Å². The molecule has 126 valence electrons. The molecule has 0 heterocycles. The van der Waals surface area contributed by atoms with Crippen molar-refractivity contribution in [1.29, 1.82) is 0 Å². The van der Waals surface area contributed by atoms with E-state index in [2.05, 4.69) is 8.80 Å². The van der Waals surface area contributed by atoms with Gasteiger partial charge in [0.1, 0.15) is 0 Å². The van der Waals surface area contributed by atoms with Crippen LogP contribution in [0.4, 0.5) is 0 Å². The molecule has 2 aromatic carbocycles. The third-order valence-electron chi connectivity index (χ3n) is 2.65. The second kappa shape index (κ2) is 7.43. The summed E-state index contributed by atoms with van der Waals surface area (Å²) >= 11 is 11.4. The molecular formula is C14H10Cl2N2O4S2. The van der Waals surface area contributed by atoms with E-state index in [0.29, 0.717) is 0 Å². The van der Waals surface area contributed by atoms with Crippen molar-refractivity contribution in [2.45, 2.75) is 9.79 Å². The normalized spacial score (nSPS) is 13.8. The van der Waals surface area contributed by atoms with Crippen LogP contribution in [0.5, 0.6) is 0 Å². The molecule has 0 radical (unpaired) electrons. The molecule has 0 amide bonds.